The predicted octanol–water partition coefficient (Wildman–Crippen LogP) is 5.61. The first-order valence-electron chi connectivity index (χ1n) is 13.5. The van der Waals surface area contributed by atoms with Crippen LogP contribution in [0.2, 0.25) is 0 Å². The molecule has 13 heteroatoms. The Kier molecular flexibility index (Phi) is 22.2. The van der Waals surface area contributed by atoms with Gasteiger partial charge in [-0.3, -0.25) is 29.2 Å². The Morgan fingerprint density at radius 1 is 0.791 bits per heavy atom. The normalized spacial score (nSPS) is 16.1. The summed E-state index contributed by atoms with van der Waals surface area (Å²) in [6, 6.07) is 15.2. The fourth-order valence-electron chi connectivity index (χ4n) is 3.70. The Morgan fingerprint density at radius 3 is 1.53 bits per heavy atom. The highest BCUT2D eigenvalue weighted by Crippen LogP contribution is 2.24. The first-order valence-corrected chi connectivity index (χ1v) is 19.8. The molecule has 0 aliphatic carbocycles. The quantitative estimate of drug-likeness (QED) is 0.318. The van der Waals surface area contributed by atoms with E-state index < -0.39 is 18.3 Å². The van der Waals surface area contributed by atoms with E-state index in [9.17, 15) is 14.4 Å². The molecule has 4 N–H and O–H groups in total. The third-order valence-electron chi connectivity index (χ3n) is 5.45. The number of likely N-dealkylation sites (N-methyl/N-ethyl adjacent to an activating group) is 2. The van der Waals surface area contributed by atoms with Crippen molar-refractivity contribution < 1.29 is 24.3 Å². The zero-order chi connectivity index (χ0) is 33.9. The number of aliphatic carboxylic acids is 1. The lowest BCUT2D eigenvalue weighted by Gasteiger charge is -2.20. The number of hydrogen-bond acceptors (Lipinski definition) is 7. The Bertz CT molecular complexity index is 1270. The standard InChI is InChI=1S/C13H15N3O2.C11H13N3O.C2H4O2.2C2H6.I2/c1-8-10-6-4-5-7-11(10)16(3)13(18)12(14-8)15-9(2)17;1-7-8-5-3-4-6-9(8)14(2)11(15)10(12)13-7;1-2(3)4;3*1-2/h4-7,12H,1-3H3,(H,15,17);3-6,10H,12H2,1-2H3;1H3,(H,3,4);2*1-2H3;. The largest absolute Gasteiger partial charge is 0.481 e. The first kappa shape index (κ1) is 42.2. The highest BCUT2D eigenvalue weighted by Gasteiger charge is 2.28. The van der Waals surface area contributed by atoms with Crippen molar-refractivity contribution >= 4 is 83.7 Å². The minimum Gasteiger partial charge on any atom is -0.481 e. The molecule has 0 fully saturated rings. The summed E-state index contributed by atoms with van der Waals surface area (Å²) < 4.78 is 0. The molecule has 2 aromatic rings. The number of hydrogen-bond donors (Lipinski definition) is 3. The molecule has 0 saturated heterocycles. The number of para-hydroxylation sites is 2. The number of carboxylic acids is 1. The number of nitrogens with one attached hydrogen (secondary N) is 1. The van der Waals surface area contributed by atoms with Crippen molar-refractivity contribution in [3.63, 3.8) is 0 Å². The van der Waals surface area contributed by atoms with Gasteiger partial charge in [-0.1, -0.05) is 64.1 Å². The lowest BCUT2D eigenvalue weighted by molar-refractivity contribution is -0.134. The zero-order valence-corrected chi connectivity index (χ0v) is 30.8. The summed E-state index contributed by atoms with van der Waals surface area (Å²) in [5.74, 6) is -1.53. The molecular formula is C30H44I2N6O5. The van der Waals surface area contributed by atoms with Gasteiger partial charge in [0.05, 0.1) is 11.4 Å². The molecule has 0 aromatic heterocycles. The van der Waals surface area contributed by atoms with E-state index in [-0.39, 0.29) is 17.7 Å². The lowest BCUT2D eigenvalue weighted by Crippen LogP contribution is -2.45. The number of benzene rings is 2. The van der Waals surface area contributed by atoms with Crippen LogP contribution in [-0.4, -0.2) is 66.6 Å². The average Bonchev–Trinajstić information content (AvgIpc) is 3.14. The van der Waals surface area contributed by atoms with Gasteiger partial charge in [-0.05, 0) is 26.0 Å². The van der Waals surface area contributed by atoms with Crippen LogP contribution in [0.1, 0.15) is 66.5 Å². The molecule has 4 rings (SSSR count). The smallest absolute Gasteiger partial charge is 0.300 e. The maximum Gasteiger partial charge on any atom is 0.300 e. The second-order valence-electron chi connectivity index (χ2n) is 8.32. The van der Waals surface area contributed by atoms with E-state index in [1.54, 1.807) is 19.0 Å². The Morgan fingerprint density at radius 2 is 1.14 bits per heavy atom. The molecule has 2 heterocycles. The lowest BCUT2D eigenvalue weighted by atomic mass is 10.1. The van der Waals surface area contributed by atoms with Gasteiger partial charge in [0.2, 0.25) is 12.1 Å². The summed E-state index contributed by atoms with van der Waals surface area (Å²) in [6.45, 7) is 14.2. The number of halogens is 2. The number of nitrogens with zero attached hydrogens (tertiary/aromatic N) is 4. The van der Waals surface area contributed by atoms with E-state index >= 15 is 0 Å². The Labute approximate surface area is 278 Å². The number of carboxylic acid groups (broad SMARTS) is 1. The van der Waals surface area contributed by atoms with Gasteiger partial charge in [0.15, 0.2) is 6.17 Å². The number of carbonyl (C=O) groups is 4. The van der Waals surface area contributed by atoms with Crippen molar-refractivity contribution in [1.29, 1.82) is 0 Å². The van der Waals surface area contributed by atoms with Crippen LogP contribution in [0.25, 0.3) is 0 Å². The topological polar surface area (TPSA) is 158 Å². The van der Waals surface area contributed by atoms with Gasteiger partial charge in [-0.15, -0.1) is 0 Å². The molecule has 11 nitrogen and oxygen atoms in total. The third kappa shape index (κ3) is 13.5. The van der Waals surface area contributed by atoms with Gasteiger partial charge in [-0.2, -0.15) is 0 Å². The fourth-order valence-corrected chi connectivity index (χ4v) is 3.70. The van der Waals surface area contributed by atoms with Crippen LogP contribution in [0.4, 0.5) is 11.4 Å². The molecule has 2 aliphatic heterocycles. The number of aliphatic imine (C=N–C) groups is 2. The van der Waals surface area contributed by atoms with Gasteiger partial charge in [0.1, 0.15) is 0 Å². The van der Waals surface area contributed by atoms with E-state index in [2.05, 4.69) is 52.5 Å². The first-order chi connectivity index (χ1) is 20.3. The van der Waals surface area contributed by atoms with Gasteiger partial charge in [-0.25, -0.2) is 0 Å². The average molecular weight is 823 g/mol. The molecule has 2 aromatic carbocycles. The maximum absolute atomic E-state index is 12.2. The van der Waals surface area contributed by atoms with Crippen LogP contribution in [0.3, 0.4) is 0 Å². The van der Waals surface area contributed by atoms with Crippen molar-refractivity contribution in [2.45, 2.75) is 67.7 Å². The molecule has 2 aliphatic rings. The predicted molar refractivity (Wildman–Crippen MR) is 194 cm³/mol. The zero-order valence-electron chi connectivity index (χ0n) is 26.5. The molecule has 0 radical (unpaired) electrons. The summed E-state index contributed by atoms with van der Waals surface area (Å²) in [6.07, 6.45) is -1.64. The van der Waals surface area contributed by atoms with Crippen molar-refractivity contribution in [2.24, 2.45) is 15.7 Å². The molecule has 43 heavy (non-hydrogen) atoms. The monoisotopic (exact) mass is 822 g/mol. The van der Waals surface area contributed by atoms with Gasteiger partial charge >= 0.3 is 0 Å². The summed E-state index contributed by atoms with van der Waals surface area (Å²) in [7, 11) is 3.40. The van der Waals surface area contributed by atoms with E-state index in [4.69, 9.17) is 15.6 Å². The molecule has 0 spiro atoms. The van der Waals surface area contributed by atoms with Crippen LogP contribution in [0.15, 0.2) is 58.5 Å². The summed E-state index contributed by atoms with van der Waals surface area (Å²) in [5.41, 5.74) is 10.7. The third-order valence-corrected chi connectivity index (χ3v) is 5.45. The molecule has 2 atom stereocenters. The summed E-state index contributed by atoms with van der Waals surface area (Å²) >= 11 is 4.24. The number of nitrogens with two attached hydrogens (primary N) is 1. The Balaban J connectivity index is 0. The van der Waals surface area contributed by atoms with Gasteiger partial charge in [0.25, 0.3) is 17.8 Å². The molecule has 0 saturated carbocycles. The molecule has 238 valence electrons. The molecule has 0 bridgehead atoms. The summed E-state index contributed by atoms with van der Waals surface area (Å²) in [5, 5.41) is 9.97. The number of anilines is 2. The van der Waals surface area contributed by atoms with Crippen LogP contribution < -0.4 is 20.9 Å². The van der Waals surface area contributed by atoms with E-state index in [1.165, 1.54) is 11.8 Å². The SMILES string of the molecule is CC.CC.CC(=O)NC1N=C(C)c2ccccc2N(C)C1=O.CC(=O)O.CC1=NC(N)C(=O)N(C)c2ccccc21.II. The number of benzodiazepines with no additional fused rings is 2. The highest BCUT2D eigenvalue weighted by molar-refractivity contribution is 15.0. The molecule has 2 unspecified atom stereocenters. The molecular weight excluding hydrogens is 778 g/mol. The Hall–Kier alpha value is -2.92. The minimum atomic E-state index is -0.847. The van der Waals surface area contributed by atoms with E-state index in [0.29, 0.717) is 0 Å². The van der Waals surface area contributed by atoms with Crippen molar-refractivity contribution in [3.05, 3.63) is 59.7 Å². The van der Waals surface area contributed by atoms with Crippen molar-refractivity contribution in [3.8, 4) is 0 Å². The number of rotatable bonds is 1. The van der Waals surface area contributed by atoms with Gasteiger partial charge < -0.3 is 26.0 Å². The summed E-state index contributed by atoms with van der Waals surface area (Å²) in [4.78, 5) is 55.6. The number of carbonyl (C=O) groups excluding carboxylic acids is 3. The maximum atomic E-state index is 12.2. The van der Waals surface area contributed by atoms with Crippen molar-refractivity contribution in [1.82, 2.24) is 5.32 Å². The second kappa shape index (κ2) is 22.6. The second-order valence-corrected chi connectivity index (χ2v) is 8.32. The van der Waals surface area contributed by atoms with Crippen LogP contribution in [-0.2, 0) is 19.2 Å². The van der Waals surface area contributed by atoms with Crippen LogP contribution in [0, 0.1) is 0 Å². The van der Waals surface area contributed by atoms with Gasteiger partial charge in [0, 0.05) is 87.7 Å². The number of amides is 3. The highest BCUT2D eigenvalue weighted by atomic mass is 128. The van der Waals surface area contributed by atoms with E-state index in [0.717, 1.165) is 40.8 Å². The minimum absolute atomic E-state index is 0.181. The van der Waals surface area contributed by atoms with Crippen molar-refractivity contribution in [2.75, 3.05) is 23.9 Å². The van der Waals surface area contributed by atoms with E-state index in [1.807, 2.05) is 90.1 Å². The fraction of sp³-hybridized carbons (Fsp3) is 0.400. The van der Waals surface area contributed by atoms with Crippen LogP contribution in [0.5, 0.6) is 0 Å². The van der Waals surface area contributed by atoms with Crippen LogP contribution >= 0.6 is 37.2 Å². The number of fused-ring (bicyclic) bond motifs is 2. The molecule has 3 amide bonds.